The van der Waals surface area contributed by atoms with Crippen LogP contribution in [0.2, 0.25) is 5.02 Å². The Hall–Kier alpha value is -1.39. The summed E-state index contributed by atoms with van der Waals surface area (Å²) < 4.78 is 14.9. The summed E-state index contributed by atoms with van der Waals surface area (Å²) in [4.78, 5) is 0. The second kappa shape index (κ2) is 4.85. The van der Waals surface area contributed by atoms with Crippen LogP contribution >= 0.6 is 11.6 Å². The quantitative estimate of drug-likeness (QED) is 0.915. The monoisotopic (exact) mass is 254 g/mol. The van der Waals surface area contributed by atoms with Gasteiger partial charge in [0.15, 0.2) is 0 Å². The molecule has 5 heteroatoms. The molecule has 0 aliphatic rings. The van der Waals surface area contributed by atoms with Crippen molar-refractivity contribution in [1.29, 1.82) is 0 Å². The molecule has 1 unspecified atom stereocenters. The van der Waals surface area contributed by atoms with Crippen LogP contribution in [0.1, 0.15) is 24.3 Å². The number of aliphatic hydroxyl groups excluding tert-OH is 1. The molecule has 0 amide bonds. The number of aliphatic hydroxyl groups is 1. The molecular formula is C12H12ClFN2O. The Bertz CT molecular complexity index is 527. The first-order chi connectivity index (χ1) is 8.15. The van der Waals surface area contributed by atoms with Gasteiger partial charge in [0.25, 0.3) is 0 Å². The Balaban J connectivity index is 2.44. The maximum absolute atomic E-state index is 13.3. The first-order valence-corrected chi connectivity index (χ1v) is 5.66. The fraction of sp³-hybridized carbons (Fsp3) is 0.250. The zero-order valence-corrected chi connectivity index (χ0v) is 10.0. The Kier molecular flexibility index (Phi) is 3.45. The van der Waals surface area contributed by atoms with Crippen molar-refractivity contribution in [3.63, 3.8) is 0 Å². The van der Waals surface area contributed by atoms with Gasteiger partial charge >= 0.3 is 0 Å². The molecule has 17 heavy (non-hydrogen) atoms. The highest BCUT2D eigenvalue weighted by Gasteiger charge is 2.19. The topological polar surface area (TPSA) is 38.0 Å². The molecule has 2 rings (SSSR count). The SMILES string of the molecule is CCn1nccc1C(O)c1cccc(F)c1Cl. The Morgan fingerprint density at radius 3 is 2.94 bits per heavy atom. The van der Waals surface area contributed by atoms with Crippen LogP contribution in [0.3, 0.4) is 0 Å². The van der Waals surface area contributed by atoms with Gasteiger partial charge in [-0.1, -0.05) is 23.7 Å². The van der Waals surface area contributed by atoms with Gasteiger partial charge in [0.2, 0.25) is 0 Å². The van der Waals surface area contributed by atoms with Crippen molar-refractivity contribution in [1.82, 2.24) is 9.78 Å². The molecule has 0 bridgehead atoms. The Morgan fingerprint density at radius 1 is 1.47 bits per heavy atom. The first-order valence-electron chi connectivity index (χ1n) is 5.28. The number of hydrogen-bond acceptors (Lipinski definition) is 2. The maximum Gasteiger partial charge on any atom is 0.142 e. The lowest BCUT2D eigenvalue weighted by molar-refractivity contribution is 0.207. The minimum absolute atomic E-state index is 0.0520. The fourth-order valence-electron chi connectivity index (χ4n) is 1.73. The van der Waals surface area contributed by atoms with Crippen LogP contribution in [-0.2, 0) is 6.54 Å². The number of aromatic nitrogens is 2. The molecule has 0 radical (unpaired) electrons. The van der Waals surface area contributed by atoms with Gasteiger partial charge in [-0.05, 0) is 19.1 Å². The minimum atomic E-state index is -0.972. The van der Waals surface area contributed by atoms with Crippen molar-refractivity contribution in [2.24, 2.45) is 0 Å². The highest BCUT2D eigenvalue weighted by molar-refractivity contribution is 6.31. The maximum atomic E-state index is 13.3. The fourth-order valence-corrected chi connectivity index (χ4v) is 1.96. The second-order valence-electron chi connectivity index (χ2n) is 3.62. The van der Waals surface area contributed by atoms with E-state index < -0.39 is 11.9 Å². The standard InChI is InChI=1S/C12H12ClFN2O/c1-2-16-10(6-7-15-16)12(17)8-4-3-5-9(14)11(8)13/h3-7,12,17H,2H2,1H3. The van der Waals surface area contributed by atoms with Crippen molar-refractivity contribution >= 4 is 11.6 Å². The third kappa shape index (κ3) is 2.18. The number of aryl methyl sites for hydroxylation is 1. The van der Waals surface area contributed by atoms with E-state index in [1.807, 2.05) is 6.92 Å². The molecule has 0 saturated heterocycles. The molecule has 0 saturated carbocycles. The predicted molar refractivity (Wildman–Crippen MR) is 63.4 cm³/mol. The molecule has 1 aromatic heterocycles. The second-order valence-corrected chi connectivity index (χ2v) is 4.00. The lowest BCUT2D eigenvalue weighted by Crippen LogP contribution is -2.09. The van der Waals surface area contributed by atoms with Gasteiger partial charge in [0.05, 0.1) is 10.7 Å². The van der Waals surface area contributed by atoms with Gasteiger partial charge in [-0.25, -0.2) is 4.39 Å². The van der Waals surface area contributed by atoms with E-state index in [0.29, 0.717) is 17.8 Å². The third-order valence-electron chi connectivity index (χ3n) is 2.61. The largest absolute Gasteiger partial charge is 0.382 e. The molecule has 1 atom stereocenters. The molecule has 0 fully saturated rings. The lowest BCUT2D eigenvalue weighted by atomic mass is 10.1. The normalized spacial score (nSPS) is 12.7. The summed E-state index contributed by atoms with van der Waals surface area (Å²) in [5.74, 6) is -0.536. The van der Waals surface area contributed by atoms with E-state index in [9.17, 15) is 9.50 Å². The summed E-state index contributed by atoms with van der Waals surface area (Å²) in [7, 11) is 0. The summed E-state index contributed by atoms with van der Waals surface area (Å²) in [6.07, 6.45) is 0.621. The van der Waals surface area contributed by atoms with Crippen molar-refractivity contribution in [3.05, 3.63) is 52.6 Å². The van der Waals surface area contributed by atoms with Gasteiger partial charge in [-0.3, -0.25) is 4.68 Å². The molecule has 3 nitrogen and oxygen atoms in total. The molecular weight excluding hydrogens is 243 g/mol. The van der Waals surface area contributed by atoms with Crippen LogP contribution in [0, 0.1) is 5.82 Å². The summed E-state index contributed by atoms with van der Waals surface area (Å²) in [6, 6.07) is 6.07. The van der Waals surface area contributed by atoms with Crippen LogP contribution < -0.4 is 0 Å². The summed E-state index contributed by atoms with van der Waals surface area (Å²) in [5, 5.41) is 14.2. The van der Waals surface area contributed by atoms with E-state index in [1.165, 1.54) is 12.1 Å². The van der Waals surface area contributed by atoms with Crippen LogP contribution in [0.5, 0.6) is 0 Å². The molecule has 0 spiro atoms. The number of rotatable bonds is 3. The van der Waals surface area contributed by atoms with Crippen molar-refractivity contribution in [2.75, 3.05) is 0 Å². The van der Waals surface area contributed by atoms with Crippen LogP contribution in [-0.4, -0.2) is 14.9 Å². The van der Waals surface area contributed by atoms with Crippen LogP contribution in [0.4, 0.5) is 4.39 Å². The van der Waals surface area contributed by atoms with Gasteiger partial charge in [-0.15, -0.1) is 0 Å². The highest BCUT2D eigenvalue weighted by atomic mass is 35.5. The third-order valence-corrected chi connectivity index (χ3v) is 3.00. The van der Waals surface area contributed by atoms with E-state index in [0.717, 1.165) is 0 Å². The van der Waals surface area contributed by atoms with E-state index in [2.05, 4.69) is 5.10 Å². The molecule has 90 valence electrons. The van der Waals surface area contributed by atoms with E-state index in [-0.39, 0.29) is 5.02 Å². The van der Waals surface area contributed by atoms with E-state index >= 15 is 0 Å². The average molecular weight is 255 g/mol. The molecule has 0 aliphatic heterocycles. The minimum Gasteiger partial charge on any atom is -0.382 e. The predicted octanol–water partition coefficient (Wildman–Crippen LogP) is 2.78. The number of benzene rings is 1. The molecule has 2 aromatic rings. The number of nitrogens with zero attached hydrogens (tertiary/aromatic N) is 2. The van der Waals surface area contributed by atoms with Crippen LogP contribution in [0.15, 0.2) is 30.5 Å². The molecule has 0 aliphatic carbocycles. The van der Waals surface area contributed by atoms with E-state index in [4.69, 9.17) is 11.6 Å². The lowest BCUT2D eigenvalue weighted by Gasteiger charge is -2.14. The molecule has 1 aromatic carbocycles. The first kappa shape index (κ1) is 12.1. The Labute approximate surface area is 103 Å². The molecule has 1 heterocycles. The highest BCUT2D eigenvalue weighted by Crippen LogP contribution is 2.29. The Morgan fingerprint density at radius 2 is 2.24 bits per heavy atom. The van der Waals surface area contributed by atoms with Crippen LogP contribution in [0.25, 0.3) is 0 Å². The number of hydrogen-bond donors (Lipinski definition) is 1. The summed E-state index contributed by atoms with van der Waals surface area (Å²) in [5.41, 5.74) is 0.946. The van der Waals surface area contributed by atoms with Gasteiger partial charge in [0, 0.05) is 18.3 Å². The zero-order chi connectivity index (χ0) is 12.4. The van der Waals surface area contributed by atoms with Crippen molar-refractivity contribution in [2.45, 2.75) is 19.6 Å². The van der Waals surface area contributed by atoms with Gasteiger partial charge in [-0.2, -0.15) is 5.10 Å². The zero-order valence-electron chi connectivity index (χ0n) is 9.27. The van der Waals surface area contributed by atoms with E-state index in [1.54, 1.807) is 23.0 Å². The van der Waals surface area contributed by atoms with Crippen molar-refractivity contribution in [3.8, 4) is 0 Å². The summed E-state index contributed by atoms with van der Waals surface area (Å²) >= 11 is 5.84. The molecule has 1 N–H and O–H groups in total. The smallest absolute Gasteiger partial charge is 0.142 e. The van der Waals surface area contributed by atoms with Crippen molar-refractivity contribution < 1.29 is 9.50 Å². The average Bonchev–Trinajstić information content (AvgIpc) is 2.80. The summed E-state index contributed by atoms with van der Waals surface area (Å²) in [6.45, 7) is 2.54. The van der Waals surface area contributed by atoms with Gasteiger partial charge in [0.1, 0.15) is 11.9 Å². The number of halogens is 2. The van der Waals surface area contributed by atoms with Gasteiger partial charge < -0.3 is 5.11 Å².